The van der Waals surface area contributed by atoms with Gasteiger partial charge in [0, 0.05) is 13.0 Å². The highest BCUT2D eigenvalue weighted by Crippen LogP contribution is 2.12. The van der Waals surface area contributed by atoms with Gasteiger partial charge in [0.15, 0.2) is 0 Å². The molecule has 76 valence electrons. The Morgan fingerprint density at radius 1 is 1.62 bits per heavy atom. The van der Waals surface area contributed by atoms with Gasteiger partial charge in [-0.05, 0) is 0 Å². The summed E-state index contributed by atoms with van der Waals surface area (Å²) in [5.41, 5.74) is 0. The molecule has 7 heteroatoms. The van der Waals surface area contributed by atoms with Crippen LogP contribution < -0.4 is 5.32 Å². The predicted molar refractivity (Wildman–Crippen MR) is 43.8 cm³/mol. The van der Waals surface area contributed by atoms with Crippen LogP contribution in [0.3, 0.4) is 0 Å². The SMILES string of the molecule is CS(=O)(=O)OC1CNC(C(=O)O)C1. The maximum atomic E-state index is 10.7. The second-order valence-electron chi connectivity index (χ2n) is 2.96. The fourth-order valence-corrected chi connectivity index (χ4v) is 1.85. The van der Waals surface area contributed by atoms with Gasteiger partial charge < -0.3 is 10.4 Å². The molecular formula is C6H11NO5S. The number of nitrogens with one attached hydrogen (secondary N) is 1. The van der Waals surface area contributed by atoms with Gasteiger partial charge in [-0.1, -0.05) is 0 Å². The van der Waals surface area contributed by atoms with E-state index in [2.05, 4.69) is 9.50 Å². The van der Waals surface area contributed by atoms with E-state index in [0.717, 1.165) is 6.26 Å². The topological polar surface area (TPSA) is 92.7 Å². The highest BCUT2D eigenvalue weighted by molar-refractivity contribution is 7.86. The number of carboxylic acid groups (broad SMARTS) is 1. The average Bonchev–Trinajstić information content (AvgIpc) is 2.31. The van der Waals surface area contributed by atoms with Crippen molar-refractivity contribution in [2.24, 2.45) is 0 Å². The lowest BCUT2D eigenvalue weighted by Crippen LogP contribution is -2.30. The van der Waals surface area contributed by atoms with E-state index in [0.29, 0.717) is 0 Å². The molecule has 1 aliphatic heterocycles. The molecule has 2 N–H and O–H groups in total. The van der Waals surface area contributed by atoms with Crippen molar-refractivity contribution in [2.75, 3.05) is 12.8 Å². The minimum atomic E-state index is -3.49. The second kappa shape index (κ2) is 3.60. The van der Waals surface area contributed by atoms with E-state index in [4.69, 9.17) is 5.11 Å². The van der Waals surface area contributed by atoms with Gasteiger partial charge in [0.25, 0.3) is 10.1 Å². The molecule has 2 unspecified atom stereocenters. The zero-order chi connectivity index (χ0) is 10.1. The number of hydrogen-bond donors (Lipinski definition) is 2. The third kappa shape index (κ3) is 3.29. The van der Waals surface area contributed by atoms with Crippen LogP contribution in [0.2, 0.25) is 0 Å². The Kier molecular flexibility index (Phi) is 2.89. The standard InChI is InChI=1S/C6H11NO5S/c1-13(10,11)12-4-2-5(6(8)9)7-3-4/h4-5,7H,2-3H2,1H3,(H,8,9). The third-order valence-corrected chi connectivity index (χ3v) is 2.32. The predicted octanol–water partition coefficient (Wildman–Crippen LogP) is -1.22. The Morgan fingerprint density at radius 2 is 2.23 bits per heavy atom. The van der Waals surface area contributed by atoms with E-state index in [1.54, 1.807) is 0 Å². The highest BCUT2D eigenvalue weighted by atomic mass is 32.2. The Morgan fingerprint density at radius 3 is 2.62 bits per heavy atom. The van der Waals surface area contributed by atoms with Crippen molar-refractivity contribution in [3.8, 4) is 0 Å². The van der Waals surface area contributed by atoms with Crippen LogP contribution in [0.25, 0.3) is 0 Å². The summed E-state index contributed by atoms with van der Waals surface area (Å²) >= 11 is 0. The van der Waals surface area contributed by atoms with Crippen LogP contribution in [-0.2, 0) is 19.1 Å². The minimum absolute atomic E-state index is 0.183. The summed E-state index contributed by atoms with van der Waals surface area (Å²) in [4.78, 5) is 10.4. The van der Waals surface area contributed by atoms with Gasteiger partial charge in [-0.2, -0.15) is 8.42 Å². The first-order valence-electron chi connectivity index (χ1n) is 3.73. The Balaban J connectivity index is 2.47. The van der Waals surface area contributed by atoms with Crippen LogP contribution >= 0.6 is 0 Å². The van der Waals surface area contributed by atoms with E-state index in [-0.39, 0.29) is 13.0 Å². The van der Waals surface area contributed by atoms with Gasteiger partial charge in [0.05, 0.1) is 12.4 Å². The number of rotatable bonds is 3. The first-order chi connectivity index (χ1) is 5.88. The summed E-state index contributed by atoms with van der Waals surface area (Å²) in [5, 5.41) is 11.2. The van der Waals surface area contributed by atoms with Gasteiger partial charge in [-0.25, -0.2) is 0 Å². The summed E-state index contributed by atoms with van der Waals surface area (Å²) < 4.78 is 26.0. The molecule has 0 radical (unpaired) electrons. The molecule has 1 fully saturated rings. The second-order valence-corrected chi connectivity index (χ2v) is 4.56. The molecule has 0 bridgehead atoms. The van der Waals surface area contributed by atoms with Crippen LogP contribution in [0, 0.1) is 0 Å². The van der Waals surface area contributed by atoms with E-state index in [9.17, 15) is 13.2 Å². The van der Waals surface area contributed by atoms with E-state index in [1.165, 1.54) is 0 Å². The molecule has 0 saturated carbocycles. The summed E-state index contributed by atoms with van der Waals surface area (Å²) in [5.74, 6) is -0.986. The molecule has 0 aromatic rings. The Hall–Kier alpha value is -0.660. The fourth-order valence-electron chi connectivity index (χ4n) is 1.21. The summed E-state index contributed by atoms with van der Waals surface area (Å²) in [6.45, 7) is 0.254. The van der Waals surface area contributed by atoms with Gasteiger partial charge in [-0.3, -0.25) is 8.98 Å². The molecule has 6 nitrogen and oxygen atoms in total. The molecule has 0 aromatic heterocycles. The normalized spacial score (nSPS) is 29.0. The number of aliphatic carboxylic acids is 1. The van der Waals surface area contributed by atoms with Crippen LogP contribution in [0.1, 0.15) is 6.42 Å². The van der Waals surface area contributed by atoms with Crippen molar-refractivity contribution >= 4 is 16.1 Å². The van der Waals surface area contributed by atoms with E-state index >= 15 is 0 Å². The molecule has 0 amide bonds. The van der Waals surface area contributed by atoms with Crippen LogP contribution in [0.15, 0.2) is 0 Å². The van der Waals surface area contributed by atoms with Gasteiger partial charge in [0.1, 0.15) is 6.04 Å². The Labute approximate surface area is 76.0 Å². The molecule has 0 aromatic carbocycles. The third-order valence-electron chi connectivity index (χ3n) is 1.70. The first kappa shape index (κ1) is 10.4. The molecule has 0 aliphatic carbocycles. The molecule has 0 spiro atoms. The molecule has 1 saturated heterocycles. The molecule has 1 heterocycles. The zero-order valence-electron chi connectivity index (χ0n) is 7.06. The van der Waals surface area contributed by atoms with Crippen molar-refractivity contribution in [3.05, 3.63) is 0 Å². The lowest BCUT2D eigenvalue weighted by Gasteiger charge is -2.06. The lowest BCUT2D eigenvalue weighted by atomic mass is 10.2. The van der Waals surface area contributed by atoms with Crippen LogP contribution in [0.4, 0.5) is 0 Å². The quantitative estimate of drug-likeness (QED) is 0.566. The van der Waals surface area contributed by atoms with Crippen molar-refractivity contribution in [1.29, 1.82) is 0 Å². The Bertz CT molecular complexity index is 298. The van der Waals surface area contributed by atoms with Crippen molar-refractivity contribution < 1.29 is 22.5 Å². The van der Waals surface area contributed by atoms with Crippen LogP contribution in [0.5, 0.6) is 0 Å². The molecule has 1 rings (SSSR count). The fraction of sp³-hybridized carbons (Fsp3) is 0.833. The molecule has 1 aliphatic rings. The van der Waals surface area contributed by atoms with Gasteiger partial charge >= 0.3 is 5.97 Å². The van der Waals surface area contributed by atoms with Crippen molar-refractivity contribution in [1.82, 2.24) is 5.32 Å². The van der Waals surface area contributed by atoms with Crippen LogP contribution in [-0.4, -0.2) is 44.4 Å². The number of carboxylic acids is 1. The zero-order valence-corrected chi connectivity index (χ0v) is 7.87. The maximum Gasteiger partial charge on any atom is 0.320 e. The number of hydrogen-bond acceptors (Lipinski definition) is 5. The minimum Gasteiger partial charge on any atom is -0.480 e. The smallest absolute Gasteiger partial charge is 0.320 e. The average molecular weight is 209 g/mol. The summed E-state index contributed by atoms with van der Waals surface area (Å²) in [6.07, 6.45) is 0.569. The molecular weight excluding hydrogens is 198 g/mol. The molecule has 2 atom stereocenters. The van der Waals surface area contributed by atoms with Crippen molar-refractivity contribution in [3.63, 3.8) is 0 Å². The van der Waals surface area contributed by atoms with E-state index < -0.39 is 28.2 Å². The highest BCUT2D eigenvalue weighted by Gasteiger charge is 2.31. The number of carbonyl (C=O) groups is 1. The lowest BCUT2D eigenvalue weighted by molar-refractivity contribution is -0.139. The first-order valence-corrected chi connectivity index (χ1v) is 5.54. The van der Waals surface area contributed by atoms with Gasteiger partial charge in [0.2, 0.25) is 0 Å². The van der Waals surface area contributed by atoms with Gasteiger partial charge in [-0.15, -0.1) is 0 Å². The monoisotopic (exact) mass is 209 g/mol. The maximum absolute atomic E-state index is 10.7. The van der Waals surface area contributed by atoms with E-state index in [1.807, 2.05) is 0 Å². The summed E-state index contributed by atoms with van der Waals surface area (Å²) in [7, 11) is -3.49. The largest absolute Gasteiger partial charge is 0.480 e. The molecule has 13 heavy (non-hydrogen) atoms. The summed E-state index contributed by atoms with van der Waals surface area (Å²) in [6, 6.07) is -0.702. The van der Waals surface area contributed by atoms with Crippen molar-refractivity contribution in [2.45, 2.75) is 18.6 Å².